The van der Waals surface area contributed by atoms with Gasteiger partial charge in [-0.15, -0.1) is 0 Å². The Hall–Kier alpha value is -2.95. The van der Waals surface area contributed by atoms with Crippen molar-refractivity contribution in [3.63, 3.8) is 0 Å². The monoisotopic (exact) mass is 402 g/mol. The SMILES string of the molecule is COC1CN(S(=O)(=O)Nc2cccc(Oc3ccc4nc[nH]c(=O)c4c3)c2)C1. The minimum absolute atomic E-state index is 0.0724. The standard InChI is InChI=1S/C18H18N4O5S/c1-26-15-9-22(10-15)28(24,25)21-12-3-2-4-13(7-12)27-14-5-6-17-16(8-14)18(23)20-11-19-17/h2-8,11,15,21H,9-10H2,1H3,(H,19,20,23). The third-order valence-electron chi connectivity index (χ3n) is 4.42. The fraction of sp³-hybridized carbons (Fsp3) is 0.222. The molecule has 0 saturated carbocycles. The number of aromatic nitrogens is 2. The first-order chi connectivity index (χ1) is 13.4. The summed E-state index contributed by atoms with van der Waals surface area (Å²) in [5.74, 6) is 0.870. The number of hydrogen-bond acceptors (Lipinski definition) is 6. The molecule has 146 valence electrons. The summed E-state index contributed by atoms with van der Waals surface area (Å²) < 4.78 is 39.5. The molecule has 0 spiro atoms. The highest BCUT2D eigenvalue weighted by atomic mass is 32.2. The number of hydrogen-bond donors (Lipinski definition) is 2. The van der Waals surface area contributed by atoms with Gasteiger partial charge < -0.3 is 14.5 Å². The second-order valence-corrected chi connectivity index (χ2v) is 7.99. The van der Waals surface area contributed by atoms with E-state index in [9.17, 15) is 13.2 Å². The predicted octanol–water partition coefficient (Wildman–Crippen LogP) is 1.70. The number of methoxy groups -OCH3 is 1. The Balaban J connectivity index is 1.51. The summed E-state index contributed by atoms with van der Waals surface area (Å²) in [7, 11) is -2.09. The summed E-state index contributed by atoms with van der Waals surface area (Å²) in [4.78, 5) is 18.5. The molecule has 0 aliphatic carbocycles. The van der Waals surface area contributed by atoms with Crippen LogP contribution in [-0.2, 0) is 14.9 Å². The number of fused-ring (bicyclic) bond motifs is 1. The van der Waals surface area contributed by atoms with Crippen molar-refractivity contribution in [1.82, 2.24) is 14.3 Å². The maximum atomic E-state index is 12.4. The molecule has 3 aromatic rings. The van der Waals surface area contributed by atoms with Gasteiger partial charge in [0.15, 0.2) is 0 Å². The number of benzene rings is 2. The Kier molecular flexibility index (Phi) is 4.75. The number of aromatic amines is 1. The number of H-pyrrole nitrogens is 1. The molecule has 0 atom stereocenters. The zero-order chi connectivity index (χ0) is 19.7. The summed E-state index contributed by atoms with van der Waals surface area (Å²) in [5, 5.41) is 0.405. The second-order valence-electron chi connectivity index (χ2n) is 6.32. The second kappa shape index (κ2) is 7.23. The highest BCUT2D eigenvalue weighted by molar-refractivity contribution is 7.90. The van der Waals surface area contributed by atoms with E-state index in [0.29, 0.717) is 41.2 Å². The molecule has 0 radical (unpaired) electrons. The molecule has 28 heavy (non-hydrogen) atoms. The predicted molar refractivity (Wildman–Crippen MR) is 104 cm³/mol. The van der Waals surface area contributed by atoms with E-state index in [1.165, 1.54) is 10.6 Å². The van der Waals surface area contributed by atoms with E-state index in [4.69, 9.17) is 9.47 Å². The minimum Gasteiger partial charge on any atom is -0.457 e. The van der Waals surface area contributed by atoms with Crippen LogP contribution in [0.15, 0.2) is 53.6 Å². The van der Waals surface area contributed by atoms with Crippen molar-refractivity contribution in [2.45, 2.75) is 6.10 Å². The summed E-state index contributed by atoms with van der Waals surface area (Å²) in [6.45, 7) is 0.642. The Morgan fingerprint density at radius 1 is 1.18 bits per heavy atom. The average molecular weight is 402 g/mol. The molecule has 1 aliphatic rings. The van der Waals surface area contributed by atoms with Crippen LogP contribution in [-0.4, -0.2) is 49.0 Å². The number of anilines is 1. The van der Waals surface area contributed by atoms with Crippen molar-refractivity contribution in [3.05, 3.63) is 59.1 Å². The van der Waals surface area contributed by atoms with E-state index < -0.39 is 10.2 Å². The molecule has 0 unspecified atom stereocenters. The fourth-order valence-corrected chi connectivity index (χ4v) is 4.11. The van der Waals surface area contributed by atoms with Crippen LogP contribution in [0.4, 0.5) is 5.69 Å². The van der Waals surface area contributed by atoms with Gasteiger partial charge in [0.2, 0.25) is 0 Å². The average Bonchev–Trinajstić information content (AvgIpc) is 2.61. The quantitative estimate of drug-likeness (QED) is 0.649. The maximum absolute atomic E-state index is 12.4. The van der Waals surface area contributed by atoms with Crippen molar-refractivity contribution in [2.24, 2.45) is 0 Å². The molecular weight excluding hydrogens is 384 g/mol. The van der Waals surface area contributed by atoms with Crippen LogP contribution in [0.3, 0.4) is 0 Å². The van der Waals surface area contributed by atoms with Gasteiger partial charge in [0.25, 0.3) is 5.56 Å². The van der Waals surface area contributed by atoms with Crippen molar-refractivity contribution < 1.29 is 17.9 Å². The molecule has 1 aliphatic heterocycles. The Morgan fingerprint density at radius 2 is 1.96 bits per heavy atom. The van der Waals surface area contributed by atoms with Gasteiger partial charge in [0.1, 0.15) is 11.5 Å². The van der Waals surface area contributed by atoms with Crippen molar-refractivity contribution in [3.8, 4) is 11.5 Å². The molecule has 9 nitrogen and oxygen atoms in total. The van der Waals surface area contributed by atoms with Crippen molar-refractivity contribution in [2.75, 3.05) is 24.9 Å². The Labute approximate surface area is 161 Å². The highest BCUT2D eigenvalue weighted by Crippen LogP contribution is 2.27. The summed E-state index contributed by atoms with van der Waals surface area (Å²) >= 11 is 0. The number of ether oxygens (including phenoxy) is 2. The molecule has 0 amide bonds. The van der Waals surface area contributed by atoms with Gasteiger partial charge in [-0.05, 0) is 30.3 Å². The van der Waals surface area contributed by atoms with E-state index in [0.717, 1.165) is 0 Å². The molecule has 1 fully saturated rings. The lowest BCUT2D eigenvalue weighted by atomic mass is 10.2. The van der Waals surface area contributed by atoms with E-state index in [2.05, 4.69) is 14.7 Å². The van der Waals surface area contributed by atoms with Crippen LogP contribution in [0.2, 0.25) is 0 Å². The van der Waals surface area contributed by atoms with Gasteiger partial charge in [-0.3, -0.25) is 9.52 Å². The normalized spacial score (nSPS) is 15.3. The molecule has 2 aromatic carbocycles. The van der Waals surface area contributed by atoms with Gasteiger partial charge in [-0.1, -0.05) is 6.07 Å². The third-order valence-corrected chi connectivity index (χ3v) is 5.89. The van der Waals surface area contributed by atoms with E-state index in [1.54, 1.807) is 49.6 Å². The number of rotatable bonds is 6. The molecule has 1 aromatic heterocycles. The molecule has 2 N–H and O–H groups in total. The van der Waals surface area contributed by atoms with Crippen LogP contribution in [0, 0.1) is 0 Å². The van der Waals surface area contributed by atoms with Crippen molar-refractivity contribution >= 4 is 26.8 Å². The lowest BCUT2D eigenvalue weighted by Gasteiger charge is -2.36. The van der Waals surface area contributed by atoms with Crippen LogP contribution in [0.5, 0.6) is 11.5 Å². The maximum Gasteiger partial charge on any atom is 0.301 e. The van der Waals surface area contributed by atoms with E-state index >= 15 is 0 Å². The third kappa shape index (κ3) is 3.70. The zero-order valence-electron chi connectivity index (χ0n) is 15.0. The first kappa shape index (κ1) is 18.4. The van der Waals surface area contributed by atoms with E-state index in [1.807, 2.05) is 0 Å². The zero-order valence-corrected chi connectivity index (χ0v) is 15.8. The smallest absolute Gasteiger partial charge is 0.301 e. The lowest BCUT2D eigenvalue weighted by Crippen LogP contribution is -2.55. The molecule has 2 heterocycles. The first-order valence-electron chi connectivity index (χ1n) is 8.51. The molecular formula is C18H18N4O5S. The molecule has 1 saturated heterocycles. The van der Waals surface area contributed by atoms with Gasteiger partial charge in [0, 0.05) is 26.3 Å². The van der Waals surface area contributed by atoms with Crippen LogP contribution in [0.25, 0.3) is 10.9 Å². The lowest BCUT2D eigenvalue weighted by molar-refractivity contribution is 0.0128. The number of nitrogens with zero attached hydrogens (tertiary/aromatic N) is 2. The fourth-order valence-electron chi connectivity index (χ4n) is 2.83. The largest absolute Gasteiger partial charge is 0.457 e. The minimum atomic E-state index is -3.65. The van der Waals surface area contributed by atoms with Gasteiger partial charge in [-0.25, -0.2) is 4.98 Å². The summed E-state index contributed by atoms with van der Waals surface area (Å²) in [6.07, 6.45) is 1.27. The molecule has 4 rings (SSSR count). The van der Waals surface area contributed by atoms with Gasteiger partial charge in [0.05, 0.1) is 29.0 Å². The molecule has 0 bridgehead atoms. The van der Waals surface area contributed by atoms with Gasteiger partial charge >= 0.3 is 10.2 Å². The number of nitrogens with one attached hydrogen (secondary N) is 2. The summed E-state index contributed by atoms with van der Waals surface area (Å²) in [5.41, 5.74) is 0.668. The topological polar surface area (TPSA) is 114 Å². The highest BCUT2D eigenvalue weighted by Gasteiger charge is 2.35. The first-order valence-corrected chi connectivity index (χ1v) is 9.95. The van der Waals surface area contributed by atoms with Crippen LogP contribution < -0.4 is 15.0 Å². The van der Waals surface area contributed by atoms with Crippen LogP contribution >= 0.6 is 0 Å². The van der Waals surface area contributed by atoms with E-state index in [-0.39, 0.29) is 11.7 Å². The summed E-state index contributed by atoms with van der Waals surface area (Å²) in [6, 6.07) is 11.5. The molecule has 10 heteroatoms. The van der Waals surface area contributed by atoms with Crippen molar-refractivity contribution in [1.29, 1.82) is 0 Å². The van der Waals surface area contributed by atoms with Crippen LogP contribution in [0.1, 0.15) is 0 Å². The Morgan fingerprint density at radius 3 is 2.75 bits per heavy atom. The van der Waals surface area contributed by atoms with Gasteiger partial charge in [-0.2, -0.15) is 12.7 Å². The Bertz CT molecular complexity index is 1170.